The third-order valence-corrected chi connectivity index (χ3v) is 6.48. The van der Waals surface area contributed by atoms with Crippen LogP contribution in [0.2, 0.25) is 0 Å². The fourth-order valence-electron chi connectivity index (χ4n) is 2.97. The second-order valence-corrected chi connectivity index (χ2v) is 8.17. The molecule has 0 saturated carbocycles. The highest BCUT2D eigenvalue weighted by atomic mass is 32.2. The minimum atomic E-state index is -4.96. The molecular formula is C20H19F4N3O3S. The molecule has 0 aliphatic heterocycles. The molecule has 0 aliphatic rings. The van der Waals surface area contributed by atoms with E-state index in [-0.39, 0.29) is 37.4 Å². The molecule has 11 heteroatoms. The van der Waals surface area contributed by atoms with Crippen molar-refractivity contribution < 1.29 is 22.4 Å². The first kappa shape index (κ1) is 24.4. The molecule has 1 aromatic carbocycles. The molecule has 2 unspecified atom stereocenters. The van der Waals surface area contributed by atoms with E-state index >= 15 is 0 Å². The topological polar surface area (TPSA) is 84.9 Å². The number of hydrogen-bond donors (Lipinski definition) is 0. The van der Waals surface area contributed by atoms with Crippen LogP contribution < -0.4 is 11.2 Å². The molecule has 31 heavy (non-hydrogen) atoms. The van der Waals surface area contributed by atoms with Crippen molar-refractivity contribution in [2.45, 2.75) is 43.5 Å². The first-order chi connectivity index (χ1) is 14.3. The first-order valence-corrected chi connectivity index (χ1v) is 10.0. The van der Waals surface area contributed by atoms with Crippen LogP contribution in [-0.4, -0.2) is 20.2 Å². The van der Waals surface area contributed by atoms with Gasteiger partial charge < -0.3 is 0 Å². The Morgan fingerprint density at radius 3 is 2.35 bits per heavy atom. The van der Waals surface area contributed by atoms with Crippen LogP contribution in [-0.2, 0) is 18.0 Å². The van der Waals surface area contributed by atoms with Crippen molar-refractivity contribution in [3.05, 3.63) is 56.1 Å². The van der Waals surface area contributed by atoms with Crippen LogP contribution in [0.4, 0.5) is 17.6 Å². The van der Waals surface area contributed by atoms with Crippen LogP contribution in [0.3, 0.4) is 0 Å². The Morgan fingerprint density at radius 1 is 1.26 bits per heavy atom. The summed E-state index contributed by atoms with van der Waals surface area (Å²) in [4.78, 5) is 37.0. The van der Waals surface area contributed by atoms with Crippen LogP contribution in [0, 0.1) is 23.1 Å². The average molecular weight is 457 g/mol. The van der Waals surface area contributed by atoms with Gasteiger partial charge in [0.1, 0.15) is 23.4 Å². The number of nitrogens with zero attached hydrogens (tertiary/aromatic N) is 3. The van der Waals surface area contributed by atoms with E-state index in [1.54, 1.807) is 6.07 Å². The molecule has 0 fully saturated rings. The number of thioether (sulfide) groups is 1. The molecule has 166 valence electrons. The molecule has 0 bridgehead atoms. The summed E-state index contributed by atoms with van der Waals surface area (Å²) in [7, 11) is 0.813. The molecule has 0 spiro atoms. The second kappa shape index (κ2) is 9.09. The molecule has 0 saturated heterocycles. The Hall–Kier alpha value is -2.87. The maximum atomic E-state index is 14.7. The van der Waals surface area contributed by atoms with E-state index in [1.165, 1.54) is 6.92 Å². The standard InChI is InChI=1S/C20H19F4N3O3S/c1-5-10(2)18(11(3)28)31-15-7-14(13(21)6-12(15)9-25)27-17(29)8-16(20(22,23)24)26(4)19(27)30/h6-8,10,18H,5H2,1-4H3. The quantitative estimate of drug-likeness (QED) is 0.488. The highest BCUT2D eigenvalue weighted by molar-refractivity contribution is 8.00. The van der Waals surface area contributed by atoms with Crippen molar-refractivity contribution in [2.75, 3.05) is 0 Å². The van der Waals surface area contributed by atoms with Gasteiger partial charge in [-0.15, -0.1) is 11.8 Å². The smallest absolute Gasteiger partial charge is 0.299 e. The number of Topliss-reactive ketones (excluding diaryl/α,β-unsaturated/α-hetero) is 1. The summed E-state index contributed by atoms with van der Waals surface area (Å²) in [5.74, 6) is -1.41. The van der Waals surface area contributed by atoms with Gasteiger partial charge in [0.15, 0.2) is 0 Å². The zero-order valence-electron chi connectivity index (χ0n) is 17.1. The number of aromatic nitrogens is 2. The summed E-state index contributed by atoms with van der Waals surface area (Å²) in [6.07, 6.45) is -4.31. The van der Waals surface area contributed by atoms with Crippen molar-refractivity contribution in [3.63, 3.8) is 0 Å². The van der Waals surface area contributed by atoms with Crippen LogP contribution >= 0.6 is 11.8 Å². The lowest BCUT2D eigenvalue weighted by molar-refractivity contribution is -0.144. The van der Waals surface area contributed by atoms with E-state index in [4.69, 9.17) is 0 Å². The van der Waals surface area contributed by atoms with Crippen molar-refractivity contribution in [3.8, 4) is 11.8 Å². The van der Waals surface area contributed by atoms with Crippen molar-refractivity contribution >= 4 is 17.5 Å². The first-order valence-electron chi connectivity index (χ1n) is 9.14. The maximum absolute atomic E-state index is 14.7. The number of carbonyl (C=O) groups is 1. The number of halogens is 4. The van der Waals surface area contributed by atoms with E-state index < -0.39 is 39.9 Å². The summed E-state index contributed by atoms with van der Waals surface area (Å²) in [6.45, 7) is 5.07. The second-order valence-electron chi connectivity index (χ2n) is 6.99. The average Bonchev–Trinajstić information content (AvgIpc) is 2.68. The molecule has 0 N–H and O–H groups in total. The number of hydrogen-bond acceptors (Lipinski definition) is 5. The normalized spacial score (nSPS) is 13.5. The molecule has 0 aliphatic carbocycles. The van der Waals surface area contributed by atoms with Gasteiger partial charge in [-0.3, -0.25) is 14.2 Å². The van der Waals surface area contributed by atoms with Gasteiger partial charge in [0.2, 0.25) is 0 Å². The molecular weight excluding hydrogens is 438 g/mol. The predicted molar refractivity (Wildman–Crippen MR) is 107 cm³/mol. The summed E-state index contributed by atoms with van der Waals surface area (Å²) < 4.78 is 54.3. The van der Waals surface area contributed by atoms with Gasteiger partial charge in [0, 0.05) is 18.0 Å². The fourth-order valence-corrected chi connectivity index (χ4v) is 4.24. The van der Waals surface area contributed by atoms with Gasteiger partial charge in [-0.05, 0) is 25.0 Å². The van der Waals surface area contributed by atoms with E-state index in [9.17, 15) is 37.2 Å². The number of ketones is 1. The zero-order chi connectivity index (χ0) is 23.7. The molecule has 2 rings (SSSR count). The molecule has 1 aromatic heterocycles. The van der Waals surface area contributed by atoms with Gasteiger partial charge in [-0.1, -0.05) is 20.3 Å². The monoisotopic (exact) mass is 457 g/mol. The summed E-state index contributed by atoms with van der Waals surface area (Å²) >= 11 is 0.979. The Kier molecular flexibility index (Phi) is 7.16. The molecule has 0 radical (unpaired) electrons. The van der Waals surface area contributed by atoms with E-state index in [0.29, 0.717) is 6.42 Å². The van der Waals surface area contributed by atoms with E-state index in [2.05, 4.69) is 0 Å². The third-order valence-electron chi connectivity index (χ3n) is 4.84. The predicted octanol–water partition coefficient (Wildman–Crippen LogP) is 3.66. The summed E-state index contributed by atoms with van der Waals surface area (Å²) in [6, 6.07) is 3.81. The number of benzene rings is 1. The SMILES string of the molecule is CCC(C)C(Sc1cc(-n2c(=O)cc(C(F)(F)F)n(C)c2=O)c(F)cc1C#N)C(C)=O. The van der Waals surface area contributed by atoms with Crippen molar-refractivity contribution in [1.82, 2.24) is 9.13 Å². The highest BCUT2D eigenvalue weighted by Gasteiger charge is 2.35. The van der Waals surface area contributed by atoms with E-state index in [0.717, 1.165) is 30.9 Å². The number of alkyl halides is 3. The lowest BCUT2D eigenvalue weighted by atomic mass is 10.0. The largest absolute Gasteiger partial charge is 0.431 e. The fraction of sp³-hybridized carbons (Fsp3) is 0.400. The van der Waals surface area contributed by atoms with E-state index in [1.807, 2.05) is 13.8 Å². The van der Waals surface area contributed by atoms with Gasteiger partial charge >= 0.3 is 11.9 Å². The van der Waals surface area contributed by atoms with Gasteiger partial charge in [-0.25, -0.2) is 13.8 Å². The number of rotatable bonds is 6. The van der Waals surface area contributed by atoms with Crippen molar-refractivity contribution in [2.24, 2.45) is 13.0 Å². The minimum Gasteiger partial charge on any atom is -0.299 e. The molecule has 6 nitrogen and oxygen atoms in total. The lowest BCUT2D eigenvalue weighted by Crippen LogP contribution is -2.41. The Bertz CT molecular complexity index is 1180. The maximum Gasteiger partial charge on any atom is 0.431 e. The van der Waals surface area contributed by atoms with Crippen molar-refractivity contribution in [1.29, 1.82) is 5.26 Å². The molecule has 0 amide bonds. The Balaban J connectivity index is 2.76. The van der Waals surface area contributed by atoms with Crippen LogP contribution in [0.1, 0.15) is 38.4 Å². The summed E-state index contributed by atoms with van der Waals surface area (Å²) in [5.41, 5.74) is -4.98. The molecule has 2 atom stereocenters. The number of nitriles is 1. The van der Waals surface area contributed by atoms with Gasteiger partial charge in [-0.2, -0.15) is 18.4 Å². The van der Waals surface area contributed by atoms with Gasteiger partial charge in [0.25, 0.3) is 5.56 Å². The number of carbonyl (C=O) groups excluding carboxylic acids is 1. The van der Waals surface area contributed by atoms with Crippen LogP contribution in [0.5, 0.6) is 0 Å². The third kappa shape index (κ3) is 4.90. The van der Waals surface area contributed by atoms with Crippen LogP contribution in [0.25, 0.3) is 5.69 Å². The summed E-state index contributed by atoms with van der Waals surface area (Å²) in [5, 5.41) is 8.78. The van der Waals surface area contributed by atoms with Crippen LogP contribution in [0.15, 0.2) is 32.7 Å². The molecule has 2 aromatic rings. The minimum absolute atomic E-state index is 0.0933. The van der Waals surface area contributed by atoms with Gasteiger partial charge in [0.05, 0.1) is 16.5 Å². The Morgan fingerprint density at radius 2 is 1.87 bits per heavy atom. The zero-order valence-corrected chi connectivity index (χ0v) is 17.9. The molecule has 1 heterocycles. The lowest BCUT2D eigenvalue weighted by Gasteiger charge is -2.21. The Labute approximate surface area is 179 Å². The highest BCUT2D eigenvalue weighted by Crippen LogP contribution is 2.34.